The lowest BCUT2D eigenvalue weighted by molar-refractivity contribution is 0.0766. The molecule has 1 aromatic rings. The van der Waals surface area contributed by atoms with Crippen molar-refractivity contribution in [1.82, 2.24) is 10.6 Å². The molecule has 0 saturated carbocycles. The highest BCUT2D eigenvalue weighted by atomic mass is 16.5. The third kappa shape index (κ3) is 2.83. The van der Waals surface area contributed by atoms with E-state index in [0.717, 1.165) is 51.6 Å². The van der Waals surface area contributed by atoms with Gasteiger partial charge in [0.2, 0.25) is 0 Å². The van der Waals surface area contributed by atoms with Gasteiger partial charge >= 0.3 is 0 Å². The first-order chi connectivity index (χ1) is 8.92. The number of fused-ring (bicyclic) bond motifs is 1. The topological polar surface area (TPSA) is 42.5 Å². The van der Waals surface area contributed by atoms with Crippen LogP contribution in [0.3, 0.4) is 0 Å². The lowest BCUT2D eigenvalue weighted by Gasteiger charge is -2.24. The number of benzene rings is 1. The van der Waals surface area contributed by atoms with E-state index < -0.39 is 0 Å². The zero-order valence-electron chi connectivity index (χ0n) is 10.6. The largest absolute Gasteiger partial charge is 0.493 e. The van der Waals surface area contributed by atoms with Gasteiger partial charge in [0.15, 0.2) is 0 Å². The van der Waals surface area contributed by atoms with Gasteiger partial charge in [0.1, 0.15) is 5.75 Å². The van der Waals surface area contributed by atoms with Crippen LogP contribution in [-0.2, 0) is 17.7 Å². The van der Waals surface area contributed by atoms with E-state index in [1.165, 1.54) is 11.1 Å². The van der Waals surface area contributed by atoms with Gasteiger partial charge in [0.25, 0.3) is 0 Å². The monoisotopic (exact) mass is 248 g/mol. The summed E-state index contributed by atoms with van der Waals surface area (Å²) in [5, 5.41) is 6.92. The van der Waals surface area contributed by atoms with Gasteiger partial charge < -0.3 is 20.1 Å². The molecule has 0 bridgehead atoms. The van der Waals surface area contributed by atoms with Crippen molar-refractivity contribution in [3.63, 3.8) is 0 Å². The minimum atomic E-state index is 0.441. The van der Waals surface area contributed by atoms with Crippen LogP contribution in [0.1, 0.15) is 11.1 Å². The quantitative estimate of drug-likeness (QED) is 0.823. The van der Waals surface area contributed by atoms with Gasteiger partial charge in [-0.1, -0.05) is 12.1 Å². The minimum Gasteiger partial charge on any atom is -0.493 e. The van der Waals surface area contributed by atoms with Crippen LogP contribution in [0.4, 0.5) is 0 Å². The summed E-state index contributed by atoms with van der Waals surface area (Å²) >= 11 is 0. The Balaban J connectivity index is 1.48. The van der Waals surface area contributed by atoms with Crippen LogP contribution in [0.25, 0.3) is 0 Å². The van der Waals surface area contributed by atoms with Crippen molar-refractivity contribution in [2.24, 2.45) is 0 Å². The first-order valence-electron chi connectivity index (χ1n) is 6.68. The fourth-order valence-corrected chi connectivity index (χ4v) is 2.49. The molecule has 0 aliphatic carbocycles. The highest BCUT2D eigenvalue weighted by molar-refractivity contribution is 5.39. The third-order valence-electron chi connectivity index (χ3n) is 3.47. The van der Waals surface area contributed by atoms with Crippen LogP contribution in [0.5, 0.6) is 5.75 Å². The second kappa shape index (κ2) is 5.69. The molecule has 2 aliphatic rings. The van der Waals surface area contributed by atoms with E-state index in [2.05, 4.69) is 28.8 Å². The van der Waals surface area contributed by atoms with Crippen molar-refractivity contribution in [3.8, 4) is 5.75 Å². The molecule has 98 valence electrons. The zero-order chi connectivity index (χ0) is 12.2. The van der Waals surface area contributed by atoms with E-state index in [1.54, 1.807) is 0 Å². The summed E-state index contributed by atoms with van der Waals surface area (Å²) < 4.78 is 10.9. The number of morpholine rings is 1. The molecule has 1 aromatic carbocycles. The van der Waals surface area contributed by atoms with Gasteiger partial charge in [-0.25, -0.2) is 0 Å². The Labute approximate surface area is 108 Å². The molecule has 2 heterocycles. The molecule has 2 aliphatic heterocycles. The molecule has 0 amide bonds. The lowest BCUT2D eigenvalue weighted by Crippen LogP contribution is -2.47. The maximum Gasteiger partial charge on any atom is 0.122 e. The molecule has 0 spiro atoms. The van der Waals surface area contributed by atoms with Gasteiger partial charge in [-0.05, 0) is 17.2 Å². The summed E-state index contributed by atoms with van der Waals surface area (Å²) in [4.78, 5) is 0. The van der Waals surface area contributed by atoms with E-state index in [-0.39, 0.29) is 0 Å². The van der Waals surface area contributed by atoms with E-state index in [1.807, 2.05) is 0 Å². The van der Waals surface area contributed by atoms with Crippen LogP contribution >= 0.6 is 0 Å². The van der Waals surface area contributed by atoms with Gasteiger partial charge in [-0.3, -0.25) is 0 Å². The Bertz CT molecular complexity index is 403. The number of ether oxygens (including phenoxy) is 2. The molecule has 2 N–H and O–H groups in total. The molecule has 1 saturated heterocycles. The highest BCUT2D eigenvalue weighted by Crippen LogP contribution is 2.25. The molecule has 1 fully saturated rings. The second-order valence-electron chi connectivity index (χ2n) is 4.90. The average molecular weight is 248 g/mol. The number of rotatable bonds is 4. The van der Waals surface area contributed by atoms with E-state index in [0.29, 0.717) is 6.04 Å². The van der Waals surface area contributed by atoms with Gasteiger partial charge in [0.05, 0.1) is 19.8 Å². The van der Waals surface area contributed by atoms with Crippen LogP contribution < -0.4 is 15.4 Å². The maximum absolute atomic E-state index is 5.51. The first kappa shape index (κ1) is 12.0. The van der Waals surface area contributed by atoms with Gasteiger partial charge in [0, 0.05) is 32.1 Å². The molecule has 0 radical (unpaired) electrons. The Morgan fingerprint density at radius 1 is 1.33 bits per heavy atom. The third-order valence-corrected chi connectivity index (χ3v) is 3.47. The summed E-state index contributed by atoms with van der Waals surface area (Å²) in [6, 6.07) is 6.92. The van der Waals surface area contributed by atoms with Crippen LogP contribution in [-0.4, -0.2) is 39.0 Å². The lowest BCUT2D eigenvalue weighted by atomic mass is 10.1. The summed E-state index contributed by atoms with van der Waals surface area (Å²) in [6.07, 6.45) is 1.04. The minimum absolute atomic E-state index is 0.441. The molecule has 18 heavy (non-hydrogen) atoms. The first-order valence-corrected chi connectivity index (χ1v) is 6.68. The predicted octanol–water partition coefficient (Wildman–Crippen LogP) is 0.699. The van der Waals surface area contributed by atoms with Crippen molar-refractivity contribution < 1.29 is 9.47 Å². The molecule has 1 atom stereocenters. The molecule has 1 unspecified atom stereocenters. The van der Waals surface area contributed by atoms with Crippen LogP contribution in [0.15, 0.2) is 18.2 Å². The van der Waals surface area contributed by atoms with E-state index in [9.17, 15) is 0 Å². The van der Waals surface area contributed by atoms with Gasteiger partial charge in [-0.15, -0.1) is 0 Å². The zero-order valence-corrected chi connectivity index (χ0v) is 10.6. The average Bonchev–Trinajstić information content (AvgIpc) is 2.87. The molecule has 4 heteroatoms. The summed E-state index contributed by atoms with van der Waals surface area (Å²) in [6.45, 7) is 5.30. The molecule has 3 rings (SSSR count). The Hall–Kier alpha value is -1.10. The molecule has 0 aromatic heterocycles. The van der Waals surface area contributed by atoms with Gasteiger partial charge in [-0.2, -0.15) is 0 Å². The van der Waals surface area contributed by atoms with Crippen molar-refractivity contribution in [2.75, 3.05) is 32.9 Å². The maximum atomic E-state index is 5.51. The number of nitrogens with one attached hydrogen (secondary N) is 2. The summed E-state index contributed by atoms with van der Waals surface area (Å²) in [7, 11) is 0. The second-order valence-corrected chi connectivity index (χ2v) is 4.90. The normalized spacial score (nSPS) is 22.6. The fourth-order valence-electron chi connectivity index (χ4n) is 2.49. The van der Waals surface area contributed by atoms with Crippen molar-refractivity contribution in [1.29, 1.82) is 0 Å². The number of hydrogen-bond acceptors (Lipinski definition) is 4. The Kier molecular flexibility index (Phi) is 3.78. The standard InChI is InChI=1S/C14H20N2O2/c1-2-14-12(3-5-18-14)7-11(1)8-15-9-13-10-17-6-4-16-13/h1-2,7,13,15-16H,3-6,8-10H2. The number of hydrogen-bond donors (Lipinski definition) is 2. The van der Waals surface area contributed by atoms with Crippen LogP contribution in [0, 0.1) is 0 Å². The highest BCUT2D eigenvalue weighted by Gasteiger charge is 2.13. The smallest absolute Gasteiger partial charge is 0.122 e. The van der Waals surface area contributed by atoms with Crippen molar-refractivity contribution >= 4 is 0 Å². The molecule has 4 nitrogen and oxygen atoms in total. The fraction of sp³-hybridized carbons (Fsp3) is 0.571. The molecular formula is C14H20N2O2. The van der Waals surface area contributed by atoms with Crippen molar-refractivity contribution in [2.45, 2.75) is 19.0 Å². The summed E-state index contributed by atoms with van der Waals surface area (Å²) in [5.74, 6) is 1.06. The Morgan fingerprint density at radius 3 is 3.22 bits per heavy atom. The van der Waals surface area contributed by atoms with Crippen molar-refractivity contribution in [3.05, 3.63) is 29.3 Å². The van der Waals surface area contributed by atoms with E-state index >= 15 is 0 Å². The predicted molar refractivity (Wildman–Crippen MR) is 70.0 cm³/mol. The molecular weight excluding hydrogens is 228 g/mol. The Morgan fingerprint density at radius 2 is 2.33 bits per heavy atom. The SMILES string of the molecule is c1cc2c(cc1CNCC1COCCN1)CCO2. The summed E-state index contributed by atoms with van der Waals surface area (Å²) in [5.41, 5.74) is 2.67. The van der Waals surface area contributed by atoms with E-state index in [4.69, 9.17) is 9.47 Å². The van der Waals surface area contributed by atoms with Crippen LogP contribution in [0.2, 0.25) is 0 Å².